The van der Waals surface area contributed by atoms with E-state index in [1.165, 1.54) is 17.3 Å². The maximum Gasteiger partial charge on any atom is 0.266 e. The predicted octanol–water partition coefficient (Wildman–Crippen LogP) is 4.95. The van der Waals surface area contributed by atoms with Crippen LogP contribution in [-0.2, 0) is 16.1 Å². The number of carbonyl (C=O) groups excluding carboxylic acids is 2. The highest BCUT2D eigenvalue weighted by Gasteiger charge is 2.33. The summed E-state index contributed by atoms with van der Waals surface area (Å²) in [6, 6.07) is 16.3. The number of aromatic nitrogens is 1. The van der Waals surface area contributed by atoms with Crippen molar-refractivity contribution in [3.05, 3.63) is 75.7 Å². The Morgan fingerprint density at radius 1 is 1.17 bits per heavy atom. The van der Waals surface area contributed by atoms with E-state index in [0.29, 0.717) is 41.7 Å². The molecule has 6 nitrogen and oxygen atoms in total. The van der Waals surface area contributed by atoms with E-state index in [1.54, 1.807) is 4.90 Å². The van der Waals surface area contributed by atoms with Crippen LogP contribution in [0.4, 0.5) is 5.82 Å². The highest BCUT2D eigenvalue weighted by molar-refractivity contribution is 8.26. The molecule has 36 heavy (non-hydrogen) atoms. The average molecular weight is 517 g/mol. The van der Waals surface area contributed by atoms with Crippen LogP contribution in [0.1, 0.15) is 35.1 Å². The Morgan fingerprint density at radius 2 is 1.89 bits per heavy atom. The van der Waals surface area contributed by atoms with Gasteiger partial charge in [0.2, 0.25) is 5.91 Å². The summed E-state index contributed by atoms with van der Waals surface area (Å²) in [5.41, 5.74) is 10.7. The normalized spacial score (nSPS) is 18.0. The lowest BCUT2D eigenvalue weighted by atomic mass is 9.96. The molecule has 5 rings (SSSR count). The van der Waals surface area contributed by atoms with Crippen LogP contribution in [0.15, 0.2) is 53.4 Å². The molecule has 0 spiro atoms. The zero-order valence-corrected chi connectivity index (χ0v) is 22.0. The maximum atomic E-state index is 13.4. The molecule has 0 aliphatic carbocycles. The highest BCUT2D eigenvalue weighted by atomic mass is 32.2. The molecule has 2 fully saturated rings. The van der Waals surface area contributed by atoms with Gasteiger partial charge in [0.15, 0.2) is 0 Å². The Hall–Kier alpha value is -3.23. The maximum absolute atomic E-state index is 13.4. The number of amides is 2. The van der Waals surface area contributed by atoms with Crippen molar-refractivity contribution in [1.82, 2.24) is 9.88 Å². The van der Waals surface area contributed by atoms with Gasteiger partial charge < -0.3 is 10.6 Å². The smallest absolute Gasteiger partial charge is 0.266 e. The van der Waals surface area contributed by atoms with Crippen molar-refractivity contribution in [2.45, 2.75) is 33.2 Å². The number of thiocarbonyl (C=S) groups is 1. The van der Waals surface area contributed by atoms with E-state index in [1.807, 2.05) is 62.4 Å². The molecule has 0 saturated carbocycles. The molecule has 2 aliphatic heterocycles. The number of para-hydroxylation sites is 1. The number of rotatable bonds is 5. The minimum Gasteiger partial charge on any atom is -0.369 e. The van der Waals surface area contributed by atoms with Gasteiger partial charge in [0.1, 0.15) is 10.1 Å². The van der Waals surface area contributed by atoms with Gasteiger partial charge in [-0.05, 0) is 50.0 Å². The van der Waals surface area contributed by atoms with Gasteiger partial charge in [-0.2, -0.15) is 0 Å². The second-order valence-corrected chi connectivity index (χ2v) is 11.1. The largest absolute Gasteiger partial charge is 0.369 e. The van der Waals surface area contributed by atoms with Crippen LogP contribution in [0.5, 0.6) is 0 Å². The van der Waals surface area contributed by atoms with Crippen LogP contribution >= 0.6 is 24.0 Å². The number of hydrogen-bond donors (Lipinski definition) is 1. The van der Waals surface area contributed by atoms with Crippen molar-refractivity contribution in [3.63, 3.8) is 0 Å². The summed E-state index contributed by atoms with van der Waals surface area (Å²) in [5.74, 6) is 0.385. The molecule has 3 heterocycles. The number of primary amides is 1. The number of piperidine rings is 1. The third kappa shape index (κ3) is 4.88. The van der Waals surface area contributed by atoms with E-state index >= 15 is 0 Å². The van der Waals surface area contributed by atoms with Gasteiger partial charge in [-0.15, -0.1) is 0 Å². The molecule has 2 N–H and O–H groups in total. The zero-order chi connectivity index (χ0) is 25.4. The van der Waals surface area contributed by atoms with Gasteiger partial charge in [0.05, 0.1) is 17.0 Å². The number of pyridine rings is 1. The van der Waals surface area contributed by atoms with Gasteiger partial charge in [0, 0.05) is 30.0 Å². The molecule has 0 radical (unpaired) electrons. The summed E-state index contributed by atoms with van der Waals surface area (Å²) in [4.78, 5) is 34.6. The number of thioether (sulfide) groups is 1. The Kier molecular flexibility index (Phi) is 6.81. The fourth-order valence-electron chi connectivity index (χ4n) is 4.74. The molecular weight excluding hydrogens is 488 g/mol. The van der Waals surface area contributed by atoms with Crippen LogP contribution in [-0.4, -0.2) is 39.1 Å². The minimum atomic E-state index is -0.241. The topological polar surface area (TPSA) is 79.5 Å². The lowest BCUT2D eigenvalue weighted by Crippen LogP contribution is -2.39. The standard InChI is InChI=1S/C28H28N4O2S2/c1-17-6-8-19(9-7-17)16-32-27(34)23(36-28(32)35)15-22-14-21-5-3-4-18(2)24(21)30-26(22)31-12-10-20(11-13-31)25(29)33/h3-9,14-15,20H,10-13,16H2,1-2H3,(H2,29,33)/b23-15-. The number of hydrogen-bond acceptors (Lipinski definition) is 6. The summed E-state index contributed by atoms with van der Waals surface area (Å²) < 4.78 is 0.556. The molecule has 2 aromatic carbocycles. The Bertz CT molecular complexity index is 1390. The van der Waals surface area contributed by atoms with Crippen molar-refractivity contribution in [1.29, 1.82) is 0 Å². The SMILES string of the molecule is Cc1ccc(CN2C(=O)/C(=C/c3cc4cccc(C)c4nc3N3CCC(C(N)=O)CC3)SC2=S)cc1. The zero-order valence-electron chi connectivity index (χ0n) is 20.4. The molecule has 8 heteroatoms. The first-order valence-corrected chi connectivity index (χ1v) is 13.3. The van der Waals surface area contributed by atoms with Crippen molar-refractivity contribution >= 4 is 62.9 Å². The number of carbonyl (C=O) groups is 2. The molecule has 0 bridgehead atoms. The van der Waals surface area contributed by atoms with Crippen LogP contribution in [0.25, 0.3) is 17.0 Å². The van der Waals surface area contributed by atoms with Gasteiger partial charge in [0.25, 0.3) is 5.91 Å². The summed E-state index contributed by atoms with van der Waals surface area (Å²) in [7, 11) is 0. The lowest BCUT2D eigenvalue weighted by Gasteiger charge is -2.32. The van der Waals surface area contributed by atoms with Gasteiger partial charge in [-0.3, -0.25) is 14.5 Å². The first kappa shape index (κ1) is 24.5. The van der Waals surface area contributed by atoms with Crippen molar-refractivity contribution in [2.75, 3.05) is 18.0 Å². The molecule has 0 unspecified atom stereocenters. The van der Waals surface area contributed by atoms with Crippen molar-refractivity contribution in [2.24, 2.45) is 11.7 Å². The summed E-state index contributed by atoms with van der Waals surface area (Å²) in [6.07, 6.45) is 3.31. The van der Waals surface area contributed by atoms with Crippen LogP contribution in [0.2, 0.25) is 0 Å². The second-order valence-electron chi connectivity index (χ2n) is 9.46. The Labute approximate surface area is 220 Å². The monoisotopic (exact) mass is 516 g/mol. The van der Waals surface area contributed by atoms with Crippen LogP contribution in [0, 0.1) is 19.8 Å². The fraction of sp³-hybridized carbons (Fsp3) is 0.286. The number of fused-ring (bicyclic) bond motifs is 1. The van der Waals surface area contributed by atoms with Crippen molar-refractivity contribution in [3.8, 4) is 0 Å². The minimum absolute atomic E-state index is 0.0895. The fourth-order valence-corrected chi connectivity index (χ4v) is 5.99. The number of anilines is 1. The highest BCUT2D eigenvalue weighted by Crippen LogP contribution is 2.37. The number of nitrogens with zero attached hydrogens (tertiary/aromatic N) is 3. The van der Waals surface area contributed by atoms with Crippen molar-refractivity contribution < 1.29 is 9.59 Å². The second kappa shape index (κ2) is 10.0. The molecule has 2 amide bonds. The quantitative estimate of drug-likeness (QED) is 0.382. The number of nitrogens with two attached hydrogens (primary N) is 1. The Balaban J connectivity index is 1.49. The molecule has 1 aromatic heterocycles. The van der Waals surface area contributed by atoms with E-state index in [-0.39, 0.29) is 17.7 Å². The van der Waals surface area contributed by atoms with E-state index < -0.39 is 0 Å². The number of aryl methyl sites for hydroxylation is 2. The average Bonchev–Trinajstić information content (AvgIpc) is 3.12. The van der Waals surface area contributed by atoms with Crippen LogP contribution in [0.3, 0.4) is 0 Å². The molecule has 2 aliphatic rings. The first-order valence-electron chi connectivity index (χ1n) is 12.1. The van der Waals surface area contributed by atoms with E-state index in [0.717, 1.165) is 33.4 Å². The van der Waals surface area contributed by atoms with Crippen LogP contribution < -0.4 is 10.6 Å². The molecular formula is C28H28N4O2S2. The number of benzene rings is 2. The summed E-state index contributed by atoms with van der Waals surface area (Å²) >= 11 is 6.91. The molecule has 184 valence electrons. The summed E-state index contributed by atoms with van der Waals surface area (Å²) in [6.45, 7) is 5.92. The summed E-state index contributed by atoms with van der Waals surface area (Å²) in [5, 5.41) is 1.02. The molecule has 3 aromatic rings. The van der Waals surface area contributed by atoms with Gasteiger partial charge in [-0.1, -0.05) is 72.0 Å². The molecule has 2 saturated heterocycles. The third-order valence-electron chi connectivity index (χ3n) is 6.87. The van der Waals surface area contributed by atoms with Gasteiger partial charge >= 0.3 is 0 Å². The molecule has 0 atom stereocenters. The lowest BCUT2D eigenvalue weighted by molar-refractivity contribution is -0.123. The van der Waals surface area contributed by atoms with E-state index in [4.69, 9.17) is 22.9 Å². The van der Waals surface area contributed by atoms with E-state index in [9.17, 15) is 9.59 Å². The third-order valence-corrected chi connectivity index (χ3v) is 8.25. The predicted molar refractivity (Wildman–Crippen MR) is 151 cm³/mol. The first-order chi connectivity index (χ1) is 17.3. The Morgan fingerprint density at radius 3 is 2.58 bits per heavy atom. The van der Waals surface area contributed by atoms with Gasteiger partial charge in [-0.25, -0.2) is 4.98 Å². The van der Waals surface area contributed by atoms with E-state index in [2.05, 4.69) is 11.0 Å².